The van der Waals surface area contributed by atoms with Crippen LogP contribution < -0.4 is 0 Å². The molecular weight excluding hydrogens is 350 g/mol. The molecule has 0 fully saturated rings. The van der Waals surface area contributed by atoms with Gasteiger partial charge in [-0.2, -0.15) is 4.98 Å². The Kier molecular flexibility index (Phi) is 5.15. The number of hydrogen-bond acceptors (Lipinski definition) is 4. The second-order valence-corrected chi connectivity index (χ2v) is 6.77. The third kappa shape index (κ3) is 3.93. The predicted molar refractivity (Wildman–Crippen MR) is 108 cm³/mol. The van der Waals surface area contributed by atoms with Crippen LogP contribution in [0.1, 0.15) is 17.9 Å². The van der Waals surface area contributed by atoms with E-state index in [1.165, 1.54) is 16.3 Å². The first-order valence-corrected chi connectivity index (χ1v) is 9.29. The highest BCUT2D eigenvalue weighted by molar-refractivity contribution is 5.86. The summed E-state index contributed by atoms with van der Waals surface area (Å²) in [5.41, 5.74) is 2.08. The Bertz CT molecular complexity index is 1080. The highest BCUT2D eigenvalue weighted by Crippen LogP contribution is 2.20. The van der Waals surface area contributed by atoms with E-state index in [0.29, 0.717) is 31.1 Å². The molecule has 0 unspecified atom stereocenters. The summed E-state index contributed by atoms with van der Waals surface area (Å²) in [4.78, 5) is 18.6. The smallest absolute Gasteiger partial charge is 0.246 e. The van der Waals surface area contributed by atoms with E-state index in [0.717, 1.165) is 5.56 Å². The summed E-state index contributed by atoms with van der Waals surface area (Å²) in [6, 6.07) is 24.1. The summed E-state index contributed by atoms with van der Waals surface area (Å²) in [7, 11) is 1.76. The van der Waals surface area contributed by atoms with Crippen LogP contribution in [0.25, 0.3) is 22.2 Å². The van der Waals surface area contributed by atoms with Crippen LogP contribution in [-0.2, 0) is 17.8 Å². The molecular formula is C23H21N3O2. The number of hydrogen-bond donors (Lipinski definition) is 0. The van der Waals surface area contributed by atoms with Crippen molar-refractivity contribution in [2.45, 2.75) is 19.4 Å². The van der Waals surface area contributed by atoms with E-state index >= 15 is 0 Å². The van der Waals surface area contributed by atoms with Crippen molar-refractivity contribution in [3.63, 3.8) is 0 Å². The van der Waals surface area contributed by atoms with Gasteiger partial charge in [0.25, 0.3) is 0 Å². The molecule has 0 radical (unpaired) electrons. The van der Waals surface area contributed by atoms with Crippen molar-refractivity contribution >= 4 is 16.7 Å². The van der Waals surface area contributed by atoms with Crippen molar-refractivity contribution in [1.82, 2.24) is 15.0 Å². The van der Waals surface area contributed by atoms with Crippen molar-refractivity contribution in [3.05, 3.63) is 84.3 Å². The number of carbonyl (C=O) groups is 1. The van der Waals surface area contributed by atoms with E-state index in [2.05, 4.69) is 34.4 Å². The molecule has 0 aliphatic heterocycles. The van der Waals surface area contributed by atoms with Crippen LogP contribution in [0, 0.1) is 0 Å². The fourth-order valence-electron chi connectivity index (χ4n) is 3.26. The number of carbonyl (C=O) groups excluding carboxylic acids is 1. The number of fused-ring (bicyclic) bond motifs is 1. The minimum absolute atomic E-state index is 0.0485. The lowest BCUT2D eigenvalue weighted by atomic mass is 10.0. The zero-order chi connectivity index (χ0) is 19.3. The van der Waals surface area contributed by atoms with Gasteiger partial charge in [0.2, 0.25) is 17.6 Å². The average Bonchev–Trinajstić information content (AvgIpc) is 3.21. The standard InChI is InChI=1S/C23H21N3O2/c1-26(16-21-24-23(25-28-21)19-9-3-2-4-10-19)22(27)15-14-18-12-7-11-17-8-5-6-13-20(17)18/h2-13H,14-16H2,1H3. The van der Waals surface area contributed by atoms with Crippen molar-refractivity contribution in [2.24, 2.45) is 0 Å². The predicted octanol–water partition coefficient (Wildman–Crippen LogP) is 4.48. The second kappa shape index (κ2) is 8.05. The molecule has 140 valence electrons. The van der Waals surface area contributed by atoms with E-state index in [9.17, 15) is 4.79 Å². The second-order valence-electron chi connectivity index (χ2n) is 6.77. The molecule has 3 aromatic carbocycles. The molecule has 4 rings (SSSR count). The van der Waals surface area contributed by atoms with Crippen LogP contribution in [0.15, 0.2) is 77.3 Å². The van der Waals surface area contributed by atoms with Crippen LogP contribution >= 0.6 is 0 Å². The van der Waals surface area contributed by atoms with Gasteiger partial charge in [-0.15, -0.1) is 0 Å². The van der Waals surface area contributed by atoms with E-state index in [-0.39, 0.29) is 5.91 Å². The molecule has 0 saturated heterocycles. The van der Waals surface area contributed by atoms with Gasteiger partial charge in [0.05, 0.1) is 6.54 Å². The highest BCUT2D eigenvalue weighted by Gasteiger charge is 2.15. The molecule has 0 aliphatic rings. The molecule has 1 amide bonds. The van der Waals surface area contributed by atoms with E-state index in [1.807, 2.05) is 48.5 Å². The summed E-state index contributed by atoms with van der Waals surface area (Å²) >= 11 is 0. The Morgan fingerprint density at radius 3 is 2.57 bits per heavy atom. The topological polar surface area (TPSA) is 59.2 Å². The van der Waals surface area contributed by atoms with E-state index < -0.39 is 0 Å². The van der Waals surface area contributed by atoms with Gasteiger partial charge in [0, 0.05) is 19.0 Å². The number of aromatic nitrogens is 2. The quantitative estimate of drug-likeness (QED) is 0.501. The van der Waals surface area contributed by atoms with Gasteiger partial charge in [-0.05, 0) is 22.8 Å². The lowest BCUT2D eigenvalue weighted by Gasteiger charge is -2.15. The first-order chi connectivity index (χ1) is 13.7. The molecule has 1 heterocycles. The Balaban J connectivity index is 1.38. The first-order valence-electron chi connectivity index (χ1n) is 9.29. The van der Waals surface area contributed by atoms with Crippen LogP contribution in [0.3, 0.4) is 0 Å². The Morgan fingerprint density at radius 2 is 1.71 bits per heavy atom. The maximum absolute atomic E-state index is 12.6. The van der Waals surface area contributed by atoms with Crippen molar-refractivity contribution < 1.29 is 9.32 Å². The van der Waals surface area contributed by atoms with Crippen molar-refractivity contribution in [2.75, 3.05) is 7.05 Å². The molecule has 0 saturated carbocycles. The molecule has 0 bridgehead atoms. The van der Waals surface area contributed by atoms with E-state index in [4.69, 9.17) is 4.52 Å². The molecule has 0 atom stereocenters. The fraction of sp³-hybridized carbons (Fsp3) is 0.174. The number of nitrogens with zero attached hydrogens (tertiary/aromatic N) is 3. The molecule has 0 aliphatic carbocycles. The van der Waals surface area contributed by atoms with Gasteiger partial charge in [0.15, 0.2) is 0 Å². The molecule has 28 heavy (non-hydrogen) atoms. The minimum atomic E-state index is 0.0485. The van der Waals surface area contributed by atoms with Crippen LogP contribution in [-0.4, -0.2) is 28.0 Å². The van der Waals surface area contributed by atoms with Gasteiger partial charge in [-0.25, -0.2) is 0 Å². The maximum atomic E-state index is 12.6. The van der Waals surface area contributed by atoms with Crippen LogP contribution in [0.2, 0.25) is 0 Å². The van der Waals surface area contributed by atoms with Crippen molar-refractivity contribution in [3.8, 4) is 11.4 Å². The molecule has 5 nitrogen and oxygen atoms in total. The lowest BCUT2D eigenvalue weighted by molar-refractivity contribution is -0.130. The molecule has 4 aromatic rings. The van der Waals surface area contributed by atoms with Crippen LogP contribution in [0.4, 0.5) is 0 Å². The summed E-state index contributed by atoms with van der Waals surface area (Å²) in [6.07, 6.45) is 1.13. The molecule has 5 heteroatoms. The fourth-order valence-corrected chi connectivity index (χ4v) is 3.26. The van der Waals surface area contributed by atoms with Gasteiger partial charge < -0.3 is 9.42 Å². The lowest BCUT2D eigenvalue weighted by Crippen LogP contribution is -2.26. The number of amides is 1. The third-order valence-electron chi connectivity index (χ3n) is 4.79. The summed E-state index contributed by atoms with van der Waals surface area (Å²) < 4.78 is 5.31. The number of aryl methyl sites for hydroxylation is 1. The van der Waals surface area contributed by atoms with Gasteiger partial charge in [0.1, 0.15) is 0 Å². The third-order valence-corrected chi connectivity index (χ3v) is 4.79. The zero-order valence-electron chi connectivity index (χ0n) is 15.7. The summed E-state index contributed by atoms with van der Waals surface area (Å²) in [6.45, 7) is 0.300. The monoisotopic (exact) mass is 371 g/mol. The Hall–Kier alpha value is -3.47. The summed E-state index contributed by atoms with van der Waals surface area (Å²) in [5, 5.41) is 6.40. The normalized spacial score (nSPS) is 10.9. The van der Waals surface area contributed by atoms with Crippen molar-refractivity contribution in [1.29, 1.82) is 0 Å². The van der Waals surface area contributed by atoms with E-state index in [1.54, 1.807) is 11.9 Å². The van der Waals surface area contributed by atoms with Crippen LogP contribution in [0.5, 0.6) is 0 Å². The maximum Gasteiger partial charge on any atom is 0.246 e. The molecule has 0 spiro atoms. The molecule has 1 aromatic heterocycles. The number of rotatable bonds is 6. The highest BCUT2D eigenvalue weighted by atomic mass is 16.5. The first kappa shape index (κ1) is 17.9. The minimum Gasteiger partial charge on any atom is -0.337 e. The zero-order valence-corrected chi connectivity index (χ0v) is 15.7. The Morgan fingerprint density at radius 1 is 0.964 bits per heavy atom. The van der Waals surface area contributed by atoms with Gasteiger partial charge in [-0.3, -0.25) is 4.79 Å². The average molecular weight is 371 g/mol. The van der Waals surface area contributed by atoms with Gasteiger partial charge in [-0.1, -0.05) is 78.0 Å². The SMILES string of the molecule is CN(Cc1nc(-c2ccccc2)no1)C(=O)CCc1cccc2ccccc12. The summed E-state index contributed by atoms with van der Waals surface area (Å²) in [5.74, 6) is 1.01. The number of benzene rings is 3. The largest absolute Gasteiger partial charge is 0.337 e. The Labute approximate surface area is 163 Å². The van der Waals surface area contributed by atoms with Gasteiger partial charge >= 0.3 is 0 Å². The molecule has 0 N–H and O–H groups in total.